The van der Waals surface area contributed by atoms with Crippen molar-refractivity contribution in [2.75, 3.05) is 16.9 Å². The van der Waals surface area contributed by atoms with Gasteiger partial charge in [0.25, 0.3) is 0 Å². The fourth-order valence-electron chi connectivity index (χ4n) is 3.20. The summed E-state index contributed by atoms with van der Waals surface area (Å²) in [6, 6.07) is 12.3. The molecule has 0 aliphatic heterocycles. The minimum absolute atomic E-state index is 0.108. The van der Waals surface area contributed by atoms with Crippen molar-refractivity contribution in [3.05, 3.63) is 59.4 Å². The predicted molar refractivity (Wildman–Crippen MR) is 120 cm³/mol. The highest BCUT2D eigenvalue weighted by Gasteiger charge is 2.19. The van der Waals surface area contributed by atoms with Gasteiger partial charge < -0.3 is 11.2 Å². The Hall–Kier alpha value is -2.87. The monoisotopic (exact) mass is 427 g/mol. The van der Waals surface area contributed by atoms with E-state index in [1.807, 2.05) is 18.2 Å². The van der Waals surface area contributed by atoms with Crippen LogP contribution in [0.1, 0.15) is 50.7 Å². The maximum atomic E-state index is 14.0. The van der Waals surface area contributed by atoms with Gasteiger partial charge in [0, 0.05) is 5.69 Å². The number of amides is 1. The standard InChI is InChI=1S/C22H26FN5OS/c1-13(2)15-9-7-10-16(14(3)4)20(15)25-19(29)12-30-22-27-26-21(28(22)24)17-8-5-6-11-18(17)23/h5-11,13-14H,12,24H2,1-4H3,(H,25,29). The van der Waals surface area contributed by atoms with Crippen LogP contribution in [0.3, 0.4) is 0 Å². The lowest BCUT2D eigenvalue weighted by Gasteiger charge is -2.20. The molecule has 0 bridgehead atoms. The molecule has 0 radical (unpaired) electrons. The minimum Gasteiger partial charge on any atom is -0.335 e. The Morgan fingerprint density at radius 2 is 1.70 bits per heavy atom. The van der Waals surface area contributed by atoms with E-state index in [4.69, 9.17) is 5.84 Å². The number of para-hydroxylation sites is 1. The molecule has 1 heterocycles. The third-order valence-corrected chi connectivity index (χ3v) is 5.69. The van der Waals surface area contributed by atoms with E-state index < -0.39 is 5.82 Å². The van der Waals surface area contributed by atoms with E-state index in [0.29, 0.717) is 5.16 Å². The van der Waals surface area contributed by atoms with Crippen LogP contribution in [-0.4, -0.2) is 26.5 Å². The fraction of sp³-hybridized carbons (Fsp3) is 0.318. The number of anilines is 1. The lowest BCUT2D eigenvalue weighted by molar-refractivity contribution is -0.113. The second kappa shape index (κ2) is 9.30. The normalized spacial score (nSPS) is 11.3. The number of aromatic nitrogens is 3. The van der Waals surface area contributed by atoms with Crippen LogP contribution in [-0.2, 0) is 4.79 Å². The Labute approximate surface area is 180 Å². The average Bonchev–Trinajstić information content (AvgIpc) is 3.06. The van der Waals surface area contributed by atoms with E-state index in [-0.39, 0.29) is 34.9 Å². The zero-order valence-electron chi connectivity index (χ0n) is 17.5. The van der Waals surface area contributed by atoms with Crippen LogP contribution >= 0.6 is 11.8 Å². The van der Waals surface area contributed by atoms with Crippen molar-refractivity contribution >= 4 is 23.4 Å². The molecule has 158 valence electrons. The number of thioether (sulfide) groups is 1. The van der Waals surface area contributed by atoms with Crippen molar-refractivity contribution in [3.8, 4) is 11.4 Å². The molecule has 3 N–H and O–H groups in total. The number of nitrogens with one attached hydrogen (secondary N) is 1. The van der Waals surface area contributed by atoms with Crippen LogP contribution in [0.2, 0.25) is 0 Å². The zero-order valence-corrected chi connectivity index (χ0v) is 18.3. The fourth-order valence-corrected chi connectivity index (χ4v) is 3.86. The van der Waals surface area contributed by atoms with Crippen molar-refractivity contribution in [2.45, 2.75) is 44.7 Å². The first-order valence-electron chi connectivity index (χ1n) is 9.80. The molecule has 6 nitrogen and oxygen atoms in total. The molecule has 0 saturated heterocycles. The van der Waals surface area contributed by atoms with Crippen LogP contribution in [0.5, 0.6) is 0 Å². The van der Waals surface area contributed by atoms with E-state index in [2.05, 4.69) is 43.2 Å². The molecule has 3 rings (SSSR count). The second-order valence-corrected chi connectivity index (χ2v) is 8.56. The lowest BCUT2D eigenvalue weighted by atomic mass is 9.92. The molecule has 1 amide bonds. The van der Waals surface area contributed by atoms with Crippen molar-refractivity contribution in [2.24, 2.45) is 0 Å². The molecule has 0 aliphatic carbocycles. The lowest BCUT2D eigenvalue weighted by Crippen LogP contribution is -2.19. The van der Waals surface area contributed by atoms with Gasteiger partial charge in [-0.15, -0.1) is 10.2 Å². The highest BCUT2D eigenvalue weighted by molar-refractivity contribution is 7.99. The second-order valence-electron chi connectivity index (χ2n) is 7.61. The quantitative estimate of drug-likeness (QED) is 0.419. The van der Waals surface area contributed by atoms with Gasteiger partial charge in [-0.05, 0) is 35.1 Å². The van der Waals surface area contributed by atoms with Gasteiger partial charge in [-0.2, -0.15) is 0 Å². The minimum atomic E-state index is -0.433. The van der Waals surface area contributed by atoms with Gasteiger partial charge in [0.1, 0.15) is 5.82 Å². The molecular weight excluding hydrogens is 401 g/mol. The number of rotatable bonds is 7. The summed E-state index contributed by atoms with van der Waals surface area (Å²) in [5.41, 5.74) is 3.33. The van der Waals surface area contributed by atoms with E-state index in [0.717, 1.165) is 28.6 Å². The molecule has 0 fully saturated rings. The van der Waals surface area contributed by atoms with Crippen LogP contribution < -0.4 is 11.2 Å². The molecule has 3 aromatic rings. The Morgan fingerprint density at radius 1 is 1.07 bits per heavy atom. The van der Waals surface area contributed by atoms with Gasteiger partial charge in [-0.25, -0.2) is 9.07 Å². The van der Waals surface area contributed by atoms with Gasteiger partial charge in [0.2, 0.25) is 11.1 Å². The van der Waals surface area contributed by atoms with Crippen molar-refractivity contribution in [3.63, 3.8) is 0 Å². The Kier molecular flexibility index (Phi) is 6.77. The number of nitrogens with zero attached hydrogens (tertiary/aromatic N) is 3. The highest BCUT2D eigenvalue weighted by atomic mass is 32.2. The van der Waals surface area contributed by atoms with Crippen LogP contribution in [0.25, 0.3) is 11.4 Å². The summed E-state index contributed by atoms with van der Waals surface area (Å²) in [5.74, 6) is 6.33. The maximum Gasteiger partial charge on any atom is 0.234 e. The van der Waals surface area contributed by atoms with Gasteiger partial charge in [-0.3, -0.25) is 4.79 Å². The molecular formula is C22H26FN5OS. The number of halogens is 1. The van der Waals surface area contributed by atoms with Crippen LogP contribution in [0.4, 0.5) is 10.1 Å². The summed E-state index contributed by atoms with van der Waals surface area (Å²) in [7, 11) is 0. The molecule has 30 heavy (non-hydrogen) atoms. The summed E-state index contributed by atoms with van der Waals surface area (Å²) in [6.45, 7) is 8.41. The summed E-state index contributed by atoms with van der Waals surface area (Å²) in [6.07, 6.45) is 0. The number of hydrogen-bond acceptors (Lipinski definition) is 5. The average molecular weight is 428 g/mol. The van der Waals surface area contributed by atoms with E-state index >= 15 is 0 Å². The number of carbonyl (C=O) groups is 1. The summed E-state index contributed by atoms with van der Waals surface area (Å²) >= 11 is 1.15. The van der Waals surface area contributed by atoms with E-state index in [9.17, 15) is 9.18 Å². The molecule has 0 saturated carbocycles. The summed E-state index contributed by atoms with van der Waals surface area (Å²) in [4.78, 5) is 12.7. The highest BCUT2D eigenvalue weighted by Crippen LogP contribution is 2.32. The van der Waals surface area contributed by atoms with Gasteiger partial charge in [-0.1, -0.05) is 69.8 Å². The Bertz CT molecular complexity index is 1020. The van der Waals surface area contributed by atoms with Crippen molar-refractivity contribution in [1.29, 1.82) is 0 Å². The van der Waals surface area contributed by atoms with Crippen molar-refractivity contribution < 1.29 is 9.18 Å². The zero-order chi connectivity index (χ0) is 21.8. The molecule has 1 aromatic heterocycles. The van der Waals surface area contributed by atoms with Gasteiger partial charge in [0.15, 0.2) is 5.82 Å². The molecule has 2 aromatic carbocycles. The number of nitrogen functional groups attached to an aromatic ring is 1. The molecule has 0 aliphatic rings. The largest absolute Gasteiger partial charge is 0.335 e. The molecule has 0 spiro atoms. The van der Waals surface area contributed by atoms with E-state index in [1.54, 1.807) is 18.2 Å². The number of nitrogens with two attached hydrogens (primary N) is 1. The first-order chi connectivity index (χ1) is 14.3. The van der Waals surface area contributed by atoms with Crippen LogP contribution in [0.15, 0.2) is 47.6 Å². The maximum absolute atomic E-state index is 14.0. The topological polar surface area (TPSA) is 85.8 Å². The Balaban J connectivity index is 1.75. The van der Waals surface area contributed by atoms with Gasteiger partial charge >= 0.3 is 0 Å². The van der Waals surface area contributed by atoms with Gasteiger partial charge in [0.05, 0.1) is 11.3 Å². The third kappa shape index (κ3) is 4.64. The first kappa shape index (κ1) is 21.8. The Morgan fingerprint density at radius 3 is 2.30 bits per heavy atom. The number of hydrogen-bond donors (Lipinski definition) is 2. The molecule has 0 atom stereocenters. The first-order valence-corrected chi connectivity index (χ1v) is 10.8. The summed E-state index contributed by atoms with van der Waals surface area (Å²) < 4.78 is 15.2. The number of benzene rings is 2. The smallest absolute Gasteiger partial charge is 0.234 e. The molecule has 8 heteroatoms. The third-order valence-electron chi connectivity index (χ3n) is 4.75. The number of carbonyl (C=O) groups excluding carboxylic acids is 1. The van der Waals surface area contributed by atoms with E-state index in [1.165, 1.54) is 10.7 Å². The predicted octanol–water partition coefficient (Wildman–Crippen LogP) is 4.78. The summed E-state index contributed by atoms with van der Waals surface area (Å²) in [5, 5.41) is 11.4. The molecule has 0 unspecified atom stereocenters. The SMILES string of the molecule is CC(C)c1cccc(C(C)C)c1NC(=O)CSc1nnc(-c2ccccc2F)n1N. The van der Waals surface area contributed by atoms with Crippen LogP contribution in [0, 0.1) is 5.82 Å². The van der Waals surface area contributed by atoms with Crippen molar-refractivity contribution in [1.82, 2.24) is 14.9 Å².